The number of hydrazine groups is 1. The van der Waals surface area contributed by atoms with Crippen molar-refractivity contribution < 1.29 is 33.5 Å². The fourth-order valence-corrected chi connectivity index (χ4v) is 2.73. The number of amides is 2. The van der Waals surface area contributed by atoms with E-state index in [1.54, 1.807) is 26.8 Å². The number of nitro groups is 1. The van der Waals surface area contributed by atoms with Crippen LogP contribution in [0.3, 0.4) is 0 Å². The number of nitrogens with zero attached hydrogens (tertiary/aromatic N) is 3. The zero-order valence-corrected chi connectivity index (χ0v) is 16.8. The normalized spacial score (nSPS) is 18.0. The van der Waals surface area contributed by atoms with Crippen molar-refractivity contribution in [3.63, 3.8) is 0 Å². The lowest BCUT2D eigenvalue weighted by Gasteiger charge is -2.41. The maximum Gasteiger partial charge on any atom is 0.430 e. The fourth-order valence-electron chi connectivity index (χ4n) is 2.73. The third kappa shape index (κ3) is 5.25. The van der Waals surface area contributed by atoms with E-state index >= 15 is 0 Å². The van der Waals surface area contributed by atoms with Crippen LogP contribution in [-0.2, 0) is 25.6 Å². The maximum absolute atomic E-state index is 12.7. The summed E-state index contributed by atoms with van der Waals surface area (Å²) in [5.41, 5.74) is 0.430. The van der Waals surface area contributed by atoms with Crippen molar-refractivity contribution in [1.29, 1.82) is 0 Å². The Morgan fingerprint density at radius 3 is 2.07 bits per heavy atom. The summed E-state index contributed by atoms with van der Waals surface area (Å²) in [4.78, 5) is 47.7. The van der Waals surface area contributed by atoms with Gasteiger partial charge in [-0.05, 0) is 38.5 Å². The molecule has 1 aliphatic heterocycles. The second-order valence-electron chi connectivity index (χ2n) is 6.19. The third-order valence-corrected chi connectivity index (χ3v) is 4.13. The van der Waals surface area contributed by atoms with E-state index in [2.05, 4.69) is 0 Å². The van der Waals surface area contributed by atoms with Gasteiger partial charge in [0.2, 0.25) is 0 Å². The Labute approximate surface area is 172 Å². The van der Waals surface area contributed by atoms with Crippen molar-refractivity contribution in [3.05, 3.63) is 52.1 Å². The summed E-state index contributed by atoms with van der Waals surface area (Å²) in [5, 5.41) is 12.6. The van der Waals surface area contributed by atoms with E-state index in [0.29, 0.717) is 5.56 Å². The largest absolute Gasteiger partial charge is 0.459 e. The molecule has 0 fully saturated rings. The molecule has 0 spiro atoms. The van der Waals surface area contributed by atoms with Crippen LogP contribution in [0.4, 0.5) is 15.3 Å². The molecule has 2 amide bonds. The Morgan fingerprint density at radius 1 is 0.967 bits per heavy atom. The summed E-state index contributed by atoms with van der Waals surface area (Å²) >= 11 is 0. The van der Waals surface area contributed by atoms with Gasteiger partial charge in [-0.1, -0.05) is 12.2 Å². The maximum atomic E-state index is 12.7. The zero-order chi connectivity index (χ0) is 22.3. The monoisotopic (exact) mass is 421 g/mol. The minimum absolute atomic E-state index is 0.0364. The minimum Gasteiger partial charge on any atom is -0.459 e. The minimum atomic E-state index is -1.25. The van der Waals surface area contributed by atoms with Gasteiger partial charge >= 0.3 is 18.2 Å². The molecule has 0 N–H and O–H groups in total. The standard InChI is InChI=1S/C19H23N3O8/c1-4-28-18(24)20-13(3)6-11-16(21(20)19(25)29-5-2)17(23)30-12-14-7-9-15(10-8-14)22(26)27/h6-11,13,16H,4-5,12H2,1-3H3/t13-,16-/m0/s1. The lowest BCUT2D eigenvalue weighted by atomic mass is 10.1. The molecule has 0 aromatic heterocycles. The average Bonchev–Trinajstić information content (AvgIpc) is 2.72. The molecule has 2 rings (SSSR count). The number of ether oxygens (including phenoxy) is 3. The highest BCUT2D eigenvalue weighted by Gasteiger charge is 2.42. The summed E-state index contributed by atoms with van der Waals surface area (Å²) in [6.07, 6.45) is 1.30. The van der Waals surface area contributed by atoms with Crippen molar-refractivity contribution in [2.75, 3.05) is 13.2 Å². The van der Waals surface area contributed by atoms with Crippen LogP contribution in [0.25, 0.3) is 0 Å². The predicted molar refractivity (Wildman–Crippen MR) is 103 cm³/mol. The first-order valence-electron chi connectivity index (χ1n) is 9.30. The molecule has 0 saturated heterocycles. The molecule has 0 radical (unpaired) electrons. The van der Waals surface area contributed by atoms with E-state index < -0.39 is 35.2 Å². The SMILES string of the molecule is CCOC(=O)N1[C@@H](C)C=C[C@@H](C(=O)OCc2ccc([N+](=O)[O-])cc2)N1C(=O)OCC. The van der Waals surface area contributed by atoms with Crippen LogP contribution in [-0.4, -0.2) is 58.4 Å². The molecule has 1 aromatic carbocycles. The molecular formula is C19H23N3O8. The van der Waals surface area contributed by atoms with E-state index in [-0.39, 0.29) is 25.5 Å². The molecule has 1 aromatic rings. The van der Waals surface area contributed by atoms with E-state index in [9.17, 15) is 24.5 Å². The Kier molecular flexibility index (Phi) is 7.73. The second kappa shape index (κ2) is 10.2. The molecule has 11 heteroatoms. The number of carbonyl (C=O) groups excluding carboxylic acids is 3. The summed E-state index contributed by atoms with van der Waals surface area (Å²) in [6.45, 7) is 4.81. The highest BCUT2D eigenvalue weighted by atomic mass is 16.6. The first kappa shape index (κ1) is 22.7. The van der Waals surface area contributed by atoms with E-state index in [4.69, 9.17) is 14.2 Å². The number of rotatable bonds is 6. The van der Waals surface area contributed by atoms with E-state index in [1.807, 2.05) is 0 Å². The van der Waals surface area contributed by atoms with Crippen LogP contribution in [0.2, 0.25) is 0 Å². The number of non-ortho nitro benzene ring substituents is 1. The predicted octanol–water partition coefficient (Wildman–Crippen LogP) is 2.80. The third-order valence-electron chi connectivity index (χ3n) is 4.13. The fraction of sp³-hybridized carbons (Fsp3) is 0.421. The Hall–Kier alpha value is -3.63. The summed E-state index contributed by atoms with van der Waals surface area (Å²) in [5.74, 6) is -0.807. The molecule has 0 unspecified atom stereocenters. The van der Waals surface area contributed by atoms with Crippen molar-refractivity contribution in [3.8, 4) is 0 Å². The molecule has 30 heavy (non-hydrogen) atoms. The van der Waals surface area contributed by atoms with Crippen LogP contribution < -0.4 is 0 Å². The van der Waals surface area contributed by atoms with Gasteiger partial charge in [-0.15, -0.1) is 0 Å². The van der Waals surface area contributed by atoms with Crippen LogP contribution in [0, 0.1) is 10.1 Å². The van der Waals surface area contributed by atoms with Crippen LogP contribution in [0.15, 0.2) is 36.4 Å². The van der Waals surface area contributed by atoms with Crippen molar-refractivity contribution in [2.24, 2.45) is 0 Å². The highest BCUT2D eigenvalue weighted by molar-refractivity contribution is 5.85. The van der Waals surface area contributed by atoms with Crippen molar-refractivity contribution >= 4 is 23.8 Å². The Bertz CT molecular complexity index is 824. The van der Waals surface area contributed by atoms with Crippen LogP contribution in [0.5, 0.6) is 0 Å². The molecule has 162 valence electrons. The number of carbonyl (C=O) groups is 3. The van der Waals surface area contributed by atoms with Gasteiger partial charge in [-0.25, -0.2) is 19.4 Å². The molecule has 2 atom stereocenters. The highest BCUT2D eigenvalue weighted by Crippen LogP contribution is 2.22. The first-order chi connectivity index (χ1) is 14.3. The smallest absolute Gasteiger partial charge is 0.430 e. The van der Waals surface area contributed by atoms with Gasteiger partial charge in [0.25, 0.3) is 5.69 Å². The van der Waals surface area contributed by atoms with Crippen LogP contribution in [0.1, 0.15) is 26.3 Å². The molecule has 1 heterocycles. The number of nitro benzene ring substituents is 1. The van der Waals surface area contributed by atoms with Crippen molar-refractivity contribution in [2.45, 2.75) is 39.5 Å². The lowest BCUT2D eigenvalue weighted by molar-refractivity contribution is -0.384. The molecule has 0 saturated carbocycles. The summed E-state index contributed by atoms with van der Waals surface area (Å²) in [6, 6.07) is 3.68. The lowest BCUT2D eigenvalue weighted by Crippen LogP contribution is -2.61. The Balaban J connectivity index is 2.19. The first-order valence-corrected chi connectivity index (χ1v) is 9.30. The van der Waals surface area contributed by atoms with Gasteiger partial charge in [0, 0.05) is 12.1 Å². The number of esters is 1. The molecule has 11 nitrogen and oxygen atoms in total. The molecule has 1 aliphatic rings. The van der Waals surface area contributed by atoms with E-state index in [0.717, 1.165) is 10.0 Å². The Morgan fingerprint density at radius 2 is 1.53 bits per heavy atom. The zero-order valence-electron chi connectivity index (χ0n) is 16.8. The number of hydrogen-bond donors (Lipinski definition) is 0. The summed E-state index contributed by atoms with van der Waals surface area (Å²) in [7, 11) is 0. The average molecular weight is 421 g/mol. The summed E-state index contributed by atoms with van der Waals surface area (Å²) < 4.78 is 15.3. The second-order valence-corrected chi connectivity index (χ2v) is 6.19. The van der Waals surface area contributed by atoms with Gasteiger partial charge in [0.05, 0.1) is 24.2 Å². The van der Waals surface area contributed by atoms with E-state index in [1.165, 1.54) is 30.3 Å². The van der Waals surface area contributed by atoms with Crippen LogP contribution >= 0.6 is 0 Å². The molecule has 0 aliphatic carbocycles. The van der Waals surface area contributed by atoms with Gasteiger partial charge < -0.3 is 14.2 Å². The quantitative estimate of drug-likeness (QED) is 0.225. The van der Waals surface area contributed by atoms with Gasteiger partial charge in [-0.3, -0.25) is 10.1 Å². The van der Waals surface area contributed by atoms with Gasteiger partial charge in [0.15, 0.2) is 6.04 Å². The van der Waals surface area contributed by atoms with Crippen molar-refractivity contribution in [1.82, 2.24) is 10.0 Å². The molecule has 0 bridgehead atoms. The topological polar surface area (TPSA) is 129 Å². The molecular weight excluding hydrogens is 398 g/mol. The van der Waals surface area contributed by atoms with Gasteiger partial charge in [0.1, 0.15) is 6.61 Å². The number of hydrogen-bond acceptors (Lipinski definition) is 8. The number of benzene rings is 1. The van der Waals surface area contributed by atoms with Gasteiger partial charge in [-0.2, -0.15) is 5.01 Å².